The van der Waals surface area contributed by atoms with Gasteiger partial charge >= 0.3 is 0 Å². The van der Waals surface area contributed by atoms with Crippen LogP contribution in [-0.4, -0.2) is 56.5 Å². The van der Waals surface area contributed by atoms with Gasteiger partial charge in [-0.25, -0.2) is 0 Å². The Hall–Kier alpha value is -0.160. The smallest absolute Gasteiger partial charge is 0.0593 e. The first-order chi connectivity index (χ1) is 7.70. The molecule has 4 heteroatoms. The minimum Gasteiger partial charge on any atom is -0.380 e. The molecular weight excluding hydrogens is 204 g/mol. The lowest BCUT2D eigenvalue weighted by molar-refractivity contribution is 0.0791. The monoisotopic (exact) mass is 230 g/mol. The van der Waals surface area contributed by atoms with Crippen LogP contribution >= 0.6 is 0 Å². The van der Waals surface area contributed by atoms with Crippen LogP contribution < -0.4 is 5.73 Å². The van der Waals surface area contributed by atoms with Crippen molar-refractivity contribution in [1.29, 1.82) is 0 Å². The maximum atomic E-state index is 6.13. The third kappa shape index (κ3) is 5.80. The molecule has 0 bridgehead atoms. The Balaban J connectivity index is 2.17. The van der Waals surface area contributed by atoms with Crippen LogP contribution in [0.4, 0.5) is 0 Å². The van der Waals surface area contributed by atoms with Gasteiger partial charge in [-0.15, -0.1) is 0 Å². The number of ether oxygens (including phenoxy) is 2. The van der Waals surface area contributed by atoms with Gasteiger partial charge in [-0.1, -0.05) is 0 Å². The third-order valence-corrected chi connectivity index (χ3v) is 2.94. The fraction of sp³-hybridized carbons (Fsp3) is 1.00. The van der Waals surface area contributed by atoms with Gasteiger partial charge < -0.3 is 15.2 Å². The Morgan fingerprint density at radius 3 is 1.94 bits per heavy atom. The van der Waals surface area contributed by atoms with Gasteiger partial charge in [0.1, 0.15) is 0 Å². The van der Waals surface area contributed by atoms with Gasteiger partial charge in [0.2, 0.25) is 0 Å². The molecule has 0 heterocycles. The van der Waals surface area contributed by atoms with E-state index in [1.807, 2.05) is 13.8 Å². The summed E-state index contributed by atoms with van der Waals surface area (Å²) in [5.74, 6) is 0. The van der Waals surface area contributed by atoms with Crippen LogP contribution in [0.15, 0.2) is 0 Å². The van der Waals surface area contributed by atoms with E-state index in [0.29, 0.717) is 0 Å². The molecule has 0 atom stereocenters. The van der Waals surface area contributed by atoms with E-state index < -0.39 is 0 Å². The predicted molar refractivity (Wildman–Crippen MR) is 65.6 cm³/mol. The van der Waals surface area contributed by atoms with Crippen molar-refractivity contribution in [2.45, 2.75) is 32.2 Å². The molecule has 1 rings (SSSR count). The maximum Gasteiger partial charge on any atom is 0.0593 e. The zero-order valence-corrected chi connectivity index (χ0v) is 10.7. The molecule has 0 aliphatic heterocycles. The van der Waals surface area contributed by atoms with Gasteiger partial charge in [-0.05, 0) is 26.7 Å². The van der Waals surface area contributed by atoms with Gasteiger partial charge in [-0.3, -0.25) is 4.90 Å². The number of nitrogens with two attached hydrogens (primary N) is 1. The van der Waals surface area contributed by atoms with Crippen molar-refractivity contribution in [3.8, 4) is 0 Å². The molecule has 0 aromatic rings. The van der Waals surface area contributed by atoms with Crippen LogP contribution in [0.3, 0.4) is 0 Å². The Labute approximate surface area is 99.1 Å². The van der Waals surface area contributed by atoms with E-state index in [1.54, 1.807) is 0 Å². The molecular formula is C12H26N2O2. The molecule has 0 saturated heterocycles. The SMILES string of the molecule is CCOCCN(CCOCC)CC1(N)CC1. The second-order valence-corrected chi connectivity index (χ2v) is 4.53. The summed E-state index contributed by atoms with van der Waals surface area (Å²) >= 11 is 0. The Bertz CT molecular complexity index is 174. The Kier molecular flexibility index (Phi) is 6.28. The minimum absolute atomic E-state index is 0.0818. The van der Waals surface area contributed by atoms with Crippen LogP contribution in [-0.2, 0) is 9.47 Å². The van der Waals surface area contributed by atoms with Crippen molar-refractivity contribution < 1.29 is 9.47 Å². The second-order valence-electron chi connectivity index (χ2n) is 4.53. The molecule has 2 N–H and O–H groups in total. The van der Waals surface area contributed by atoms with Gasteiger partial charge in [0.05, 0.1) is 13.2 Å². The first-order valence-electron chi connectivity index (χ1n) is 6.37. The van der Waals surface area contributed by atoms with Crippen molar-refractivity contribution in [3.63, 3.8) is 0 Å². The van der Waals surface area contributed by atoms with Gasteiger partial charge in [-0.2, -0.15) is 0 Å². The highest BCUT2D eigenvalue weighted by atomic mass is 16.5. The van der Waals surface area contributed by atoms with E-state index in [0.717, 1.165) is 58.9 Å². The van der Waals surface area contributed by atoms with Gasteiger partial charge in [0.25, 0.3) is 0 Å². The number of hydrogen-bond donors (Lipinski definition) is 1. The largest absolute Gasteiger partial charge is 0.380 e. The highest BCUT2D eigenvalue weighted by Gasteiger charge is 2.39. The van der Waals surface area contributed by atoms with E-state index in [9.17, 15) is 0 Å². The topological polar surface area (TPSA) is 47.7 Å². The number of hydrogen-bond acceptors (Lipinski definition) is 4. The summed E-state index contributed by atoms with van der Waals surface area (Å²) in [4.78, 5) is 2.36. The van der Waals surface area contributed by atoms with Gasteiger partial charge in [0.15, 0.2) is 0 Å². The van der Waals surface area contributed by atoms with Crippen molar-refractivity contribution in [2.75, 3.05) is 46.1 Å². The summed E-state index contributed by atoms with van der Waals surface area (Å²) in [5.41, 5.74) is 6.21. The van der Waals surface area contributed by atoms with Crippen LogP contribution in [0.25, 0.3) is 0 Å². The fourth-order valence-electron chi connectivity index (χ4n) is 1.71. The first kappa shape index (κ1) is 13.9. The fourth-order valence-corrected chi connectivity index (χ4v) is 1.71. The summed E-state index contributed by atoms with van der Waals surface area (Å²) in [6.45, 7) is 10.1. The molecule has 0 amide bonds. The molecule has 1 saturated carbocycles. The zero-order valence-electron chi connectivity index (χ0n) is 10.7. The number of rotatable bonds is 10. The summed E-state index contributed by atoms with van der Waals surface area (Å²) < 4.78 is 10.8. The standard InChI is InChI=1S/C12H26N2O2/c1-3-15-9-7-14(8-10-16-4-2)11-12(13)5-6-12/h3-11,13H2,1-2H3. The average Bonchev–Trinajstić information content (AvgIpc) is 2.97. The Morgan fingerprint density at radius 1 is 1.06 bits per heavy atom. The summed E-state index contributed by atoms with van der Waals surface area (Å²) in [7, 11) is 0. The maximum absolute atomic E-state index is 6.13. The highest BCUT2D eigenvalue weighted by molar-refractivity contribution is 5.01. The zero-order chi connectivity index (χ0) is 11.9. The van der Waals surface area contributed by atoms with Crippen molar-refractivity contribution in [3.05, 3.63) is 0 Å². The lowest BCUT2D eigenvalue weighted by Gasteiger charge is -2.25. The normalized spacial score (nSPS) is 18.0. The lowest BCUT2D eigenvalue weighted by Crippen LogP contribution is -2.42. The molecule has 4 nitrogen and oxygen atoms in total. The molecule has 96 valence electrons. The summed E-state index contributed by atoms with van der Waals surface area (Å²) in [5, 5.41) is 0. The predicted octanol–water partition coefficient (Wildman–Crippen LogP) is 0.853. The molecule has 0 aromatic heterocycles. The Morgan fingerprint density at radius 2 is 1.56 bits per heavy atom. The van der Waals surface area contributed by atoms with E-state index in [2.05, 4.69) is 4.90 Å². The van der Waals surface area contributed by atoms with Crippen molar-refractivity contribution in [1.82, 2.24) is 4.90 Å². The lowest BCUT2D eigenvalue weighted by atomic mass is 10.2. The van der Waals surface area contributed by atoms with E-state index >= 15 is 0 Å². The van der Waals surface area contributed by atoms with E-state index in [4.69, 9.17) is 15.2 Å². The van der Waals surface area contributed by atoms with Crippen LogP contribution in [0.1, 0.15) is 26.7 Å². The van der Waals surface area contributed by atoms with Gasteiger partial charge in [0, 0.05) is 38.4 Å². The van der Waals surface area contributed by atoms with Crippen LogP contribution in [0.5, 0.6) is 0 Å². The third-order valence-electron chi connectivity index (χ3n) is 2.94. The van der Waals surface area contributed by atoms with E-state index in [1.165, 1.54) is 0 Å². The van der Waals surface area contributed by atoms with Crippen molar-refractivity contribution >= 4 is 0 Å². The molecule has 0 radical (unpaired) electrons. The van der Waals surface area contributed by atoms with Crippen LogP contribution in [0.2, 0.25) is 0 Å². The second kappa shape index (κ2) is 7.22. The highest BCUT2D eigenvalue weighted by Crippen LogP contribution is 2.32. The molecule has 0 unspecified atom stereocenters. The summed E-state index contributed by atoms with van der Waals surface area (Å²) in [6, 6.07) is 0. The van der Waals surface area contributed by atoms with E-state index in [-0.39, 0.29) is 5.54 Å². The van der Waals surface area contributed by atoms with Crippen LogP contribution in [0, 0.1) is 0 Å². The molecule has 1 aliphatic rings. The van der Waals surface area contributed by atoms with Crippen molar-refractivity contribution in [2.24, 2.45) is 5.73 Å². The first-order valence-corrected chi connectivity index (χ1v) is 6.37. The molecule has 0 spiro atoms. The molecule has 1 fully saturated rings. The average molecular weight is 230 g/mol. The summed E-state index contributed by atoms with van der Waals surface area (Å²) in [6.07, 6.45) is 2.32. The number of nitrogens with zero attached hydrogens (tertiary/aromatic N) is 1. The molecule has 1 aliphatic carbocycles. The minimum atomic E-state index is 0.0818. The molecule has 16 heavy (non-hydrogen) atoms. The molecule has 0 aromatic carbocycles. The quantitative estimate of drug-likeness (QED) is 0.565.